The zero-order valence-electron chi connectivity index (χ0n) is 6.95. The molecule has 0 aliphatic heterocycles. The highest BCUT2D eigenvalue weighted by molar-refractivity contribution is 7.13. The first-order valence-electron chi connectivity index (χ1n) is 3.97. The molecule has 0 atom stereocenters. The highest BCUT2D eigenvalue weighted by Crippen LogP contribution is 2.24. The van der Waals surface area contributed by atoms with Crippen LogP contribution in [0.25, 0.3) is 10.4 Å². The van der Waals surface area contributed by atoms with Gasteiger partial charge in [0.15, 0.2) is 0 Å². The Kier molecular flexibility index (Phi) is 1.96. The minimum absolute atomic E-state index is 1.32. The van der Waals surface area contributed by atoms with Crippen LogP contribution in [-0.4, -0.2) is 0 Å². The maximum Gasteiger partial charge on any atom is 0.0342 e. The lowest BCUT2D eigenvalue weighted by Gasteiger charge is -1.96. The van der Waals surface area contributed by atoms with E-state index < -0.39 is 0 Å². The molecule has 2 aromatic rings. The van der Waals surface area contributed by atoms with E-state index in [0.717, 1.165) is 0 Å². The predicted octanol–water partition coefficient (Wildman–Crippen LogP) is 3.72. The average Bonchev–Trinajstić information content (AvgIpc) is 2.58. The third kappa shape index (κ3) is 1.41. The molecule has 1 heterocycles. The van der Waals surface area contributed by atoms with Crippen LogP contribution in [0.3, 0.4) is 0 Å². The van der Waals surface area contributed by atoms with E-state index >= 15 is 0 Å². The summed E-state index contributed by atoms with van der Waals surface area (Å²) in [6.07, 6.45) is 0. The molecule has 0 N–H and O–H groups in total. The molecule has 60 valence electrons. The van der Waals surface area contributed by atoms with Crippen LogP contribution in [0.1, 0.15) is 5.56 Å². The monoisotopic (exact) mass is 174 g/mol. The van der Waals surface area contributed by atoms with Crippen molar-refractivity contribution in [3.8, 4) is 10.4 Å². The summed E-state index contributed by atoms with van der Waals surface area (Å²) in [5.74, 6) is 0. The average molecular weight is 174 g/mol. The van der Waals surface area contributed by atoms with E-state index in [1.807, 2.05) is 0 Å². The zero-order valence-corrected chi connectivity index (χ0v) is 7.77. The van der Waals surface area contributed by atoms with Gasteiger partial charge in [-0.25, -0.2) is 0 Å². The van der Waals surface area contributed by atoms with Gasteiger partial charge in [0, 0.05) is 4.88 Å². The van der Waals surface area contributed by atoms with Gasteiger partial charge in [-0.05, 0) is 23.9 Å². The Morgan fingerprint density at radius 3 is 2.33 bits per heavy atom. The highest BCUT2D eigenvalue weighted by Gasteiger charge is 1.95. The van der Waals surface area contributed by atoms with Crippen LogP contribution in [0.2, 0.25) is 0 Å². The lowest BCUT2D eigenvalue weighted by molar-refractivity contribution is 1.48. The Hall–Kier alpha value is -1.08. The van der Waals surface area contributed by atoms with Crippen LogP contribution in [0.5, 0.6) is 0 Å². The summed E-state index contributed by atoms with van der Waals surface area (Å²) >= 11 is 1.78. The Morgan fingerprint density at radius 1 is 1.00 bits per heavy atom. The van der Waals surface area contributed by atoms with E-state index in [0.29, 0.717) is 0 Å². The van der Waals surface area contributed by atoms with E-state index in [9.17, 15) is 0 Å². The van der Waals surface area contributed by atoms with Crippen molar-refractivity contribution in [2.45, 2.75) is 6.92 Å². The topological polar surface area (TPSA) is 0 Å². The minimum atomic E-state index is 1.32. The number of benzene rings is 1. The first-order valence-corrected chi connectivity index (χ1v) is 4.85. The van der Waals surface area contributed by atoms with E-state index in [4.69, 9.17) is 0 Å². The molecule has 0 aliphatic carbocycles. The number of thiophene rings is 1. The van der Waals surface area contributed by atoms with Crippen molar-refractivity contribution in [3.05, 3.63) is 47.3 Å². The van der Waals surface area contributed by atoms with Crippen LogP contribution >= 0.6 is 11.3 Å². The van der Waals surface area contributed by atoms with Gasteiger partial charge < -0.3 is 0 Å². The molecule has 1 aromatic carbocycles. The van der Waals surface area contributed by atoms with Crippen molar-refractivity contribution in [1.29, 1.82) is 0 Å². The Bertz CT molecular complexity index is 343. The standard InChI is InChI=1S/C11H10S/c1-9-4-6-10(7-5-9)11-3-2-8-12-11/h2-8H,1H3. The summed E-state index contributed by atoms with van der Waals surface area (Å²) < 4.78 is 0. The molecule has 12 heavy (non-hydrogen) atoms. The smallest absolute Gasteiger partial charge is 0.0342 e. The molecule has 0 spiro atoms. The summed E-state index contributed by atoms with van der Waals surface area (Å²) in [4.78, 5) is 1.34. The van der Waals surface area contributed by atoms with Crippen molar-refractivity contribution < 1.29 is 0 Å². The number of hydrogen-bond donors (Lipinski definition) is 0. The Labute approximate surface area is 76.5 Å². The molecule has 0 aliphatic rings. The first-order chi connectivity index (χ1) is 5.86. The highest BCUT2D eigenvalue weighted by atomic mass is 32.1. The predicted molar refractivity (Wildman–Crippen MR) is 54.5 cm³/mol. The third-order valence-electron chi connectivity index (χ3n) is 1.86. The molecule has 0 fully saturated rings. The summed E-state index contributed by atoms with van der Waals surface area (Å²) in [6.45, 7) is 2.11. The molecule has 1 heteroatoms. The first kappa shape index (κ1) is 7.56. The normalized spacial score (nSPS) is 10.1. The fourth-order valence-corrected chi connectivity index (χ4v) is 1.89. The number of rotatable bonds is 1. The zero-order chi connectivity index (χ0) is 8.39. The van der Waals surface area contributed by atoms with Crippen LogP contribution < -0.4 is 0 Å². The van der Waals surface area contributed by atoms with Crippen LogP contribution in [0.15, 0.2) is 41.8 Å². The van der Waals surface area contributed by atoms with Crippen molar-refractivity contribution in [1.82, 2.24) is 0 Å². The van der Waals surface area contributed by atoms with Gasteiger partial charge in [0.2, 0.25) is 0 Å². The van der Waals surface area contributed by atoms with Crippen molar-refractivity contribution >= 4 is 11.3 Å². The molecule has 0 unspecified atom stereocenters. The Morgan fingerprint density at radius 2 is 1.75 bits per heavy atom. The molecule has 0 saturated heterocycles. The maximum absolute atomic E-state index is 2.17. The fraction of sp³-hybridized carbons (Fsp3) is 0.0909. The summed E-state index contributed by atoms with van der Waals surface area (Å²) in [5.41, 5.74) is 2.63. The van der Waals surface area contributed by atoms with Crippen LogP contribution in [0, 0.1) is 6.92 Å². The van der Waals surface area contributed by atoms with Crippen molar-refractivity contribution in [3.63, 3.8) is 0 Å². The summed E-state index contributed by atoms with van der Waals surface area (Å²) in [5, 5.41) is 2.11. The van der Waals surface area contributed by atoms with E-state index in [2.05, 4.69) is 48.7 Å². The van der Waals surface area contributed by atoms with Gasteiger partial charge in [-0.1, -0.05) is 35.9 Å². The lowest BCUT2D eigenvalue weighted by Crippen LogP contribution is -1.72. The van der Waals surface area contributed by atoms with Gasteiger partial charge in [-0.2, -0.15) is 0 Å². The molecule has 0 bridgehead atoms. The van der Waals surface area contributed by atoms with Crippen LogP contribution in [-0.2, 0) is 0 Å². The quantitative estimate of drug-likeness (QED) is 0.618. The van der Waals surface area contributed by atoms with Crippen LogP contribution in [0.4, 0.5) is 0 Å². The largest absolute Gasteiger partial charge is 0.144 e. The molecular formula is C11H10S. The van der Waals surface area contributed by atoms with E-state index in [1.54, 1.807) is 11.3 Å². The molecule has 0 nitrogen and oxygen atoms in total. The molecule has 0 radical (unpaired) electrons. The lowest BCUT2D eigenvalue weighted by atomic mass is 10.1. The van der Waals surface area contributed by atoms with Gasteiger partial charge in [0.1, 0.15) is 0 Å². The number of hydrogen-bond acceptors (Lipinski definition) is 1. The van der Waals surface area contributed by atoms with Crippen molar-refractivity contribution in [2.24, 2.45) is 0 Å². The van der Waals surface area contributed by atoms with Gasteiger partial charge in [0.05, 0.1) is 0 Å². The van der Waals surface area contributed by atoms with Gasteiger partial charge in [0.25, 0.3) is 0 Å². The van der Waals surface area contributed by atoms with E-state index in [1.165, 1.54) is 16.0 Å². The van der Waals surface area contributed by atoms with Gasteiger partial charge >= 0.3 is 0 Å². The van der Waals surface area contributed by atoms with E-state index in [-0.39, 0.29) is 0 Å². The molecular weight excluding hydrogens is 164 g/mol. The van der Waals surface area contributed by atoms with Gasteiger partial charge in [-0.15, -0.1) is 11.3 Å². The maximum atomic E-state index is 2.17. The number of aryl methyl sites for hydroxylation is 1. The SMILES string of the molecule is Cc1ccc(-c2cccs2)cc1. The summed E-state index contributed by atoms with van der Waals surface area (Å²) in [6, 6.07) is 12.9. The molecule has 0 saturated carbocycles. The second-order valence-electron chi connectivity index (χ2n) is 2.84. The second kappa shape index (κ2) is 3.11. The van der Waals surface area contributed by atoms with Gasteiger partial charge in [-0.3, -0.25) is 0 Å². The minimum Gasteiger partial charge on any atom is -0.144 e. The fourth-order valence-electron chi connectivity index (χ4n) is 1.16. The third-order valence-corrected chi connectivity index (χ3v) is 2.78. The molecule has 0 amide bonds. The van der Waals surface area contributed by atoms with Crippen molar-refractivity contribution in [2.75, 3.05) is 0 Å². The Balaban J connectivity index is 2.43. The summed E-state index contributed by atoms with van der Waals surface area (Å²) in [7, 11) is 0. The molecule has 1 aromatic heterocycles. The molecule has 2 rings (SSSR count). The second-order valence-corrected chi connectivity index (χ2v) is 3.79.